The van der Waals surface area contributed by atoms with Crippen LogP contribution in [-0.4, -0.2) is 9.55 Å². The van der Waals surface area contributed by atoms with Gasteiger partial charge in [-0.2, -0.15) is 0 Å². The zero-order chi connectivity index (χ0) is 15.6. The molecule has 0 amide bonds. The average molecular weight is 373 g/mol. The molecule has 0 aliphatic heterocycles. The largest absolute Gasteiger partial charge is 0.383 e. The fourth-order valence-corrected chi connectivity index (χ4v) is 3.36. The highest BCUT2D eigenvalue weighted by atomic mass is 79.9. The van der Waals surface area contributed by atoms with Gasteiger partial charge in [-0.05, 0) is 33.3 Å². The van der Waals surface area contributed by atoms with E-state index in [-0.39, 0.29) is 17.4 Å². The molecule has 8 heteroatoms. The number of nitrogens with one attached hydrogen (secondary N) is 2. The number of nitrogens with zero attached hydrogens (tertiary/aromatic N) is 1. The average Bonchev–Trinajstić information content (AvgIpc) is 2.80. The molecule has 21 heavy (non-hydrogen) atoms. The molecule has 6 nitrogen and oxygen atoms in total. The van der Waals surface area contributed by atoms with Crippen molar-refractivity contribution in [1.29, 1.82) is 0 Å². The zero-order valence-corrected chi connectivity index (χ0v) is 14.2. The third-order valence-corrected chi connectivity index (χ3v) is 4.83. The van der Waals surface area contributed by atoms with Gasteiger partial charge in [0.15, 0.2) is 0 Å². The molecule has 0 saturated heterocycles. The number of thiophene rings is 1. The van der Waals surface area contributed by atoms with E-state index in [2.05, 4.69) is 26.2 Å². The van der Waals surface area contributed by atoms with Crippen LogP contribution < -0.4 is 22.3 Å². The van der Waals surface area contributed by atoms with Gasteiger partial charge < -0.3 is 11.1 Å². The summed E-state index contributed by atoms with van der Waals surface area (Å²) in [4.78, 5) is 27.1. The minimum absolute atomic E-state index is 0.171. The second kappa shape index (κ2) is 6.48. The van der Waals surface area contributed by atoms with Crippen LogP contribution in [0.5, 0.6) is 0 Å². The number of H-pyrrole nitrogens is 1. The third kappa shape index (κ3) is 3.56. The SMILES string of the molecule is CC(C)Cn1c(N)c(NCc2sccc2Br)c(=O)[nH]c1=O. The molecule has 0 atom stereocenters. The maximum Gasteiger partial charge on any atom is 0.330 e. The quantitative estimate of drug-likeness (QED) is 0.749. The van der Waals surface area contributed by atoms with Crippen LogP contribution >= 0.6 is 27.3 Å². The summed E-state index contributed by atoms with van der Waals surface area (Å²) >= 11 is 5.00. The van der Waals surface area contributed by atoms with Crippen molar-refractivity contribution in [3.05, 3.63) is 41.6 Å². The lowest BCUT2D eigenvalue weighted by atomic mass is 10.2. The number of rotatable bonds is 5. The molecule has 0 radical (unpaired) electrons. The molecule has 0 spiro atoms. The Bertz CT molecular complexity index is 747. The van der Waals surface area contributed by atoms with Gasteiger partial charge in [-0.3, -0.25) is 14.3 Å². The number of nitrogens with two attached hydrogens (primary N) is 1. The molecule has 0 bridgehead atoms. The van der Waals surface area contributed by atoms with E-state index in [0.717, 1.165) is 9.35 Å². The number of nitrogen functional groups attached to an aromatic ring is 1. The summed E-state index contributed by atoms with van der Waals surface area (Å²) in [5.74, 6) is 0.417. The van der Waals surface area contributed by atoms with Gasteiger partial charge in [0.1, 0.15) is 11.5 Å². The molecule has 2 rings (SSSR count). The van der Waals surface area contributed by atoms with E-state index in [1.807, 2.05) is 25.3 Å². The van der Waals surface area contributed by atoms with E-state index in [4.69, 9.17) is 5.73 Å². The highest BCUT2D eigenvalue weighted by Gasteiger charge is 2.13. The number of hydrogen-bond acceptors (Lipinski definition) is 5. The minimum Gasteiger partial charge on any atom is -0.383 e. The molecule has 2 aromatic heterocycles. The summed E-state index contributed by atoms with van der Waals surface area (Å²) < 4.78 is 2.36. The number of hydrogen-bond donors (Lipinski definition) is 3. The summed E-state index contributed by atoms with van der Waals surface area (Å²) in [6, 6.07) is 1.94. The Hall–Kier alpha value is -1.54. The molecule has 4 N–H and O–H groups in total. The van der Waals surface area contributed by atoms with E-state index in [1.165, 1.54) is 4.57 Å². The number of aromatic nitrogens is 2. The Morgan fingerprint density at radius 3 is 2.76 bits per heavy atom. The molecule has 0 aliphatic carbocycles. The first-order valence-electron chi connectivity index (χ1n) is 6.48. The van der Waals surface area contributed by atoms with Crippen LogP contribution in [0.15, 0.2) is 25.5 Å². The lowest BCUT2D eigenvalue weighted by Gasteiger charge is -2.15. The molecule has 2 aromatic rings. The number of anilines is 2. The van der Waals surface area contributed by atoms with Gasteiger partial charge in [-0.25, -0.2) is 4.79 Å². The molecular formula is C13H17BrN4O2S. The van der Waals surface area contributed by atoms with Crippen molar-refractivity contribution < 1.29 is 0 Å². The summed E-state index contributed by atoms with van der Waals surface area (Å²) in [6.45, 7) is 4.88. The molecule has 2 heterocycles. The van der Waals surface area contributed by atoms with Crippen LogP contribution in [0.2, 0.25) is 0 Å². The smallest absolute Gasteiger partial charge is 0.330 e. The van der Waals surface area contributed by atoms with E-state index in [1.54, 1.807) is 11.3 Å². The van der Waals surface area contributed by atoms with E-state index < -0.39 is 11.2 Å². The van der Waals surface area contributed by atoms with Gasteiger partial charge >= 0.3 is 5.69 Å². The van der Waals surface area contributed by atoms with Crippen molar-refractivity contribution in [3.63, 3.8) is 0 Å². The summed E-state index contributed by atoms with van der Waals surface area (Å²) in [7, 11) is 0. The van der Waals surface area contributed by atoms with Gasteiger partial charge in [0.05, 0.1) is 6.54 Å². The monoisotopic (exact) mass is 372 g/mol. The Kier molecular flexibility index (Phi) is 4.89. The third-order valence-electron chi connectivity index (χ3n) is 2.90. The van der Waals surface area contributed by atoms with Gasteiger partial charge in [0.25, 0.3) is 5.56 Å². The molecule has 114 valence electrons. The first-order valence-corrected chi connectivity index (χ1v) is 8.15. The van der Waals surface area contributed by atoms with Crippen LogP contribution in [0, 0.1) is 5.92 Å². The Morgan fingerprint density at radius 1 is 1.48 bits per heavy atom. The predicted molar refractivity (Wildman–Crippen MR) is 89.9 cm³/mol. The van der Waals surface area contributed by atoms with E-state index in [9.17, 15) is 9.59 Å². The van der Waals surface area contributed by atoms with Crippen LogP contribution in [0.1, 0.15) is 18.7 Å². The fourth-order valence-electron chi connectivity index (χ4n) is 1.92. The van der Waals surface area contributed by atoms with Crippen LogP contribution in [0.3, 0.4) is 0 Å². The zero-order valence-electron chi connectivity index (χ0n) is 11.8. The van der Waals surface area contributed by atoms with E-state index >= 15 is 0 Å². The minimum atomic E-state index is -0.495. The van der Waals surface area contributed by atoms with Crippen molar-refractivity contribution in [1.82, 2.24) is 9.55 Å². The van der Waals surface area contributed by atoms with Crippen LogP contribution in [-0.2, 0) is 13.1 Å². The standard InChI is InChI=1S/C13H17BrN4O2S/c1-7(2)6-18-11(15)10(12(19)17-13(18)20)16-5-9-8(14)3-4-21-9/h3-4,7,16H,5-6,15H2,1-2H3,(H,17,19,20). The first kappa shape index (κ1) is 15.8. The molecule has 0 fully saturated rings. The van der Waals surface area contributed by atoms with Gasteiger partial charge in [-0.1, -0.05) is 13.8 Å². The van der Waals surface area contributed by atoms with Crippen molar-refractivity contribution in [2.24, 2.45) is 5.92 Å². The lowest BCUT2D eigenvalue weighted by Crippen LogP contribution is -2.35. The molecule has 0 unspecified atom stereocenters. The fraction of sp³-hybridized carbons (Fsp3) is 0.385. The van der Waals surface area contributed by atoms with Crippen molar-refractivity contribution in [2.45, 2.75) is 26.9 Å². The van der Waals surface area contributed by atoms with Gasteiger partial charge in [-0.15, -0.1) is 11.3 Å². The summed E-state index contributed by atoms with van der Waals surface area (Å²) in [5, 5.41) is 4.97. The van der Waals surface area contributed by atoms with Gasteiger partial charge in [0, 0.05) is 15.9 Å². The Balaban J connectivity index is 2.33. The maximum atomic E-state index is 11.9. The highest BCUT2D eigenvalue weighted by Crippen LogP contribution is 2.24. The molecule has 0 aromatic carbocycles. The first-order chi connectivity index (χ1) is 9.90. The summed E-state index contributed by atoms with van der Waals surface area (Å²) in [5.41, 5.74) is 5.24. The molecule has 0 saturated carbocycles. The topological polar surface area (TPSA) is 92.9 Å². The van der Waals surface area contributed by atoms with Crippen LogP contribution in [0.25, 0.3) is 0 Å². The van der Waals surface area contributed by atoms with E-state index in [0.29, 0.717) is 13.1 Å². The van der Waals surface area contributed by atoms with Gasteiger partial charge in [0.2, 0.25) is 0 Å². The molecule has 0 aliphatic rings. The second-order valence-corrected chi connectivity index (χ2v) is 6.92. The highest BCUT2D eigenvalue weighted by molar-refractivity contribution is 9.10. The molecular weight excluding hydrogens is 356 g/mol. The van der Waals surface area contributed by atoms with Crippen LogP contribution in [0.4, 0.5) is 11.5 Å². The van der Waals surface area contributed by atoms with Crippen molar-refractivity contribution in [3.8, 4) is 0 Å². The lowest BCUT2D eigenvalue weighted by molar-refractivity contribution is 0.508. The van der Waals surface area contributed by atoms with Crippen molar-refractivity contribution in [2.75, 3.05) is 11.1 Å². The number of halogens is 1. The Labute approximate surface area is 134 Å². The Morgan fingerprint density at radius 2 is 2.19 bits per heavy atom. The predicted octanol–water partition coefficient (Wildman–Crippen LogP) is 2.21. The van der Waals surface area contributed by atoms with Crippen molar-refractivity contribution >= 4 is 38.8 Å². The number of aromatic amines is 1. The normalized spacial score (nSPS) is 11.0. The second-order valence-electron chi connectivity index (χ2n) is 5.07. The maximum absolute atomic E-state index is 11.9. The summed E-state index contributed by atoms with van der Waals surface area (Å²) in [6.07, 6.45) is 0.